The first kappa shape index (κ1) is 16.6. The zero-order valence-electron chi connectivity index (χ0n) is 14.2. The Morgan fingerprint density at radius 3 is 2.92 bits per heavy atom. The van der Waals surface area contributed by atoms with Crippen LogP contribution in [0.4, 0.5) is 5.82 Å². The molecule has 0 unspecified atom stereocenters. The third-order valence-corrected chi connectivity index (χ3v) is 5.27. The maximum absolute atomic E-state index is 12.6. The second-order valence-corrected chi connectivity index (χ2v) is 6.97. The molecule has 0 fully saturated rings. The minimum Gasteiger partial charge on any atom is -0.451 e. The molecule has 0 aliphatic carbocycles. The number of para-hydroxylation sites is 1. The van der Waals surface area contributed by atoms with Crippen LogP contribution in [0.1, 0.15) is 19.1 Å². The van der Waals surface area contributed by atoms with Crippen molar-refractivity contribution in [3.05, 3.63) is 42.4 Å². The molecule has 0 saturated heterocycles. The highest BCUT2D eigenvalue weighted by molar-refractivity contribution is 8.00. The summed E-state index contributed by atoms with van der Waals surface area (Å²) in [5.41, 5.74) is 2.10. The second kappa shape index (κ2) is 6.80. The van der Waals surface area contributed by atoms with Gasteiger partial charge in [0.05, 0.1) is 5.25 Å². The van der Waals surface area contributed by atoms with E-state index in [9.17, 15) is 4.79 Å². The van der Waals surface area contributed by atoms with Crippen molar-refractivity contribution in [3.8, 4) is 0 Å². The highest BCUT2D eigenvalue weighted by Crippen LogP contribution is 2.35. The van der Waals surface area contributed by atoms with Crippen LogP contribution in [0, 0.1) is 6.92 Å². The smallest absolute Gasteiger partial charge is 0.239 e. The maximum atomic E-state index is 12.6. The number of aromatic nitrogens is 3. The summed E-state index contributed by atoms with van der Waals surface area (Å²) >= 11 is 1.35. The van der Waals surface area contributed by atoms with Gasteiger partial charge in [0, 0.05) is 11.5 Å². The van der Waals surface area contributed by atoms with E-state index in [1.54, 1.807) is 13.0 Å². The number of hydrogen-bond donors (Lipinski definition) is 1. The van der Waals surface area contributed by atoms with Gasteiger partial charge in [0.1, 0.15) is 28.2 Å². The van der Waals surface area contributed by atoms with Gasteiger partial charge in [-0.15, -0.1) is 0 Å². The van der Waals surface area contributed by atoms with Crippen LogP contribution in [-0.4, -0.2) is 26.3 Å². The Morgan fingerprint density at radius 1 is 1.31 bits per heavy atom. The van der Waals surface area contributed by atoms with Crippen LogP contribution in [0.3, 0.4) is 0 Å². The average molecular weight is 368 g/mol. The molecule has 0 spiro atoms. The standard InChI is InChI=1S/C18H16N4O3S/c1-3-13(17(23)21-14-8-10(2)25-22-14)26-18-16-15(19-9-20-18)11-6-4-5-7-12(11)24-16/h4-9,13H,3H2,1-2H3,(H,21,22,23)/t13-/m0/s1. The SMILES string of the molecule is CC[C@H](Sc1ncnc2c1oc1ccccc12)C(=O)Nc1cc(C)on1. The van der Waals surface area contributed by atoms with Crippen LogP contribution < -0.4 is 5.32 Å². The van der Waals surface area contributed by atoms with Crippen molar-refractivity contribution in [2.75, 3.05) is 5.32 Å². The molecule has 3 aromatic heterocycles. The first-order valence-corrected chi connectivity index (χ1v) is 9.06. The summed E-state index contributed by atoms with van der Waals surface area (Å²) in [7, 11) is 0. The highest BCUT2D eigenvalue weighted by atomic mass is 32.2. The van der Waals surface area contributed by atoms with Crippen LogP contribution in [0.25, 0.3) is 22.1 Å². The van der Waals surface area contributed by atoms with Crippen molar-refractivity contribution in [2.24, 2.45) is 0 Å². The largest absolute Gasteiger partial charge is 0.451 e. The minimum absolute atomic E-state index is 0.159. The zero-order chi connectivity index (χ0) is 18.1. The monoisotopic (exact) mass is 368 g/mol. The number of nitrogens with one attached hydrogen (secondary N) is 1. The fraction of sp³-hybridized carbons (Fsp3) is 0.222. The molecule has 1 N–H and O–H groups in total. The Hall–Kier alpha value is -2.87. The molecule has 0 aliphatic rings. The topological polar surface area (TPSA) is 94.0 Å². The van der Waals surface area contributed by atoms with Crippen LogP contribution in [0.15, 0.2) is 50.6 Å². The van der Waals surface area contributed by atoms with E-state index in [2.05, 4.69) is 20.4 Å². The van der Waals surface area contributed by atoms with Gasteiger partial charge in [0.25, 0.3) is 0 Å². The van der Waals surface area contributed by atoms with Gasteiger partial charge >= 0.3 is 0 Å². The van der Waals surface area contributed by atoms with Gasteiger partial charge in [-0.2, -0.15) is 0 Å². The summed E-state index contributed by atoms with van der Waals surface area (Å²) in [6, 6.07) is 9.38. The number of hydrogen-bond acceptors (Lipinski definition) is 7. The third kappa shape index (κ3) is 3.03. The maximum Gasteiger partial charge on any atom is 0.239 e. The predicted octanol–water partition coefficient (Wildman–Crippen LogP) is 4.18. The number of thioether (sulfide) groups is 1. The van der Waals surface area contributed by atoms with Crippen molar-refractivity contribution >= 4 is 45.6 Å². The molecule has 1 amide bonds. The van der Waals surface area contributed by atoms with Crippen LogP contribution >= 0.6 is 11.8 Å². The molecule has 0 aliphatic heterocycles. The van der Waals surface area contributed by atoms with E-state index in [-0.39, 0.29) is 11.2 Å². The Labute approximate surface area is 153 Å². The number of furan rings is 1. The number of anilines is 1. The number of rotatable bonds is 5. The quantitative estimate of drug-likeness (QED) is 0.417. The van der Waals surface area contributed by atoms with Gasteiger partial charge in [0.15, 0.2) is 11.4 Å². The number of carbonyl (C=O) groups is 1. The van der Waals surface area contributed by atoms with E-state index in [0.717, 1.165) is 16.5 Å². The summed E-state index contributed by atoms with van der Waals surface area (Å²) in [6.07, 6.45) is 2.12. The number of carbonyl (C=O) groups excluding carboxylic acids is 1. The fourth-order valence-corrected chi connectivity index (χ4v) is 3.63. The summed E-state index contributed by atoms with van der Waals surface area (Å²) in [5, 5.41) is 7.79. The van der Waals surface area contributed by atoms with E-state index in [4.69, 9.17) is 8.94 Å². The Morgan fingerprint density at radius 2 is 2.15 bits per heavy atom. The first-order chi connectivity index (χ1) is 12.7. The second-order valence-electron chi connectivity index (χ2n) is 5.78. The van der Waals surface area contributed by atoms with Gasteiger partial charge in [-0.25, -0.2) is 9.97 Å². The molecule has 26 heavy (non-hydrogen) atoms. The van der Waals surface area contributed by atoms with E-state index >= 15 is 0 Å². The molecule has 4 aromatic rings. The van der Waals surface area contributed by atoms with Gasteiger partial charge in [0.2, 0.25) is 5.91 Å². The number of aryl methyl sites for hydroxylation is 1. The molecule has 132 valence electrons. The van der Waals surface area contributed by atoms with E-state index < -0.39 is 0 Å². The Bertz CT molecular complexity index is 1090. The van der Waals surface area contributed by atoms with Crippen molar-refractivity contribution in [1.82, 2.24) is 15.1 Å². The lowest BCUT2D eigenvalue weighted by atomic mass is 10.2. The predicted molar refractivity (Wildman–Crippen MR) is 99.1 cm³/mol. The van der Waals surface area contributed by atoms with E-state index in [0.29, 0.717) is 28.6 Å². The van der Waals surface area contributed by atoms with Gasteiger partial charge in [-0.3, -0.25) is 4.79 Å². The van der Waals surface area contributed by atoms with E-state index in [1.807, 2.05) is 31.2 Å². The van der Waals surface area contributed by atoms with Crippen LogP contribution in [0.5, 0.6) is 0 Å². The Balaban J connectivity index is 1.63. The molecule has 0 bridgehead atoms. The molecule has 8 heteroatoms. The first-order valence-electron chi connectivity index (χ1n) is 8.18. The summed E-state index contributed by atoms with van der Waals surface area (Å²) in [6.45, 7) is 3.72. The number of benzene rings is 1. The summed E-state index contributed by atoms with van der Waals surface area (Å²) < 4.78 is 10.9. The molecule has 3 heterocycles. The lowest BCUT2D eigenvalue weighted by molar-refractivity contribution is -0.115. The molecular weight excluding hydrogens is 352 g/mol. The molecule has 1 aromatic carbocycles. The molecule has 0 radical (unpaired) electrons. The third-order valence-electron chi connectivity index (χ3n) is 3.92. The highest BCUT2D eigenvalue weighted by Gasteiger charge is 2.23. The zero-order valence-corrected chi connectivity index (χ0v) is 15.0. The average Bonchev–Trinajstić information content (AvgIpc) is 3.23. The molecule has 7 nitrogen and oxygen atoms in total. The van der Waals surface area contributed by atoms with Crippen molar-refractivity contribution in [1.29, 1.82) is 0 Å². The molecular formula is C18H16N4O3S. The summed E-state index contributed by atoms with van der Waals surface area (Å²) in [4.78, 5) is 21.2. The van der Waals surface area contributed by atoms with Crippen molar-refractivity contribution < 1.29 is 13.7 Å². The van der Waals surface area contributed by atoms with E-state index in [1.165, 1.54) is 18.1 Å². The van der Waals surface area contributed by atoms with Crippen LogP contribution in [-0.2, 0) is 4.79 Å². The minimum atomic E-state index is -0.349. The number of nitrogens with zero attached hydrogens (tertiary/aromatic N) is 3. The lowest BCUT2D eigenvalue weighted by Crippen LogP contribution is -2.24. The Kier molecular flexibility index (Phi) is 4.34. The van der Waals surface area contributed by atoms with Crippen molar-refractivity contribution in [2.45, 2.75) is 30.5 Å². The number of fused-ring (bicyclic) bond motifs is 3. The van der Waals surface area contributed by atoms with Crippen molar-refractivity contribution in [3.63, 3.8) is 0 Å². The normalized spacial score (nSPS) is 12.5. The molecule has 0 saturated carbocycles. The number of amides is 1. The van der Waals surface area contributed by atoms with Gasteiger partial charge in [-0.1, -0.05) is 36.0 Å². The van der Waals surface area contributed by atoms with Gasteiger partial charge in [-0.05, 0) is 25.5 Å². The lowest BCUT2D eigenvalue weighted by Gasteiger charge is -2.12. The fourth-order valence-electron chi connectivity index (χ4n) is 2.68. The summed E-state index contributed by atoms with van der Waals surface area (Å²) in [5.74, 6) is 0.887. The molecule has 1 atom stereocenters. The van der Waals surface area contributed by atoms with Gasteiger partial charge < -0.3 is 14.3 Å². The van der Waals surface area contributed by atoms with Crippen LogP contribution in [0.2, 0.25) is 0 Å². The molecule has 4 rings (SSSR count).